The standard InChI is InChI=1S/C8H4F4INO/c9-5-2-3(13)1-4(8(10,11)12)6(5)7(14)15/h1-2H,(H2,14,15). The van der Waals surface area contributed by atoms with Crippen molar-refractivity contribution in [3.63, 3.8) is 0 Å². The third kappa shape index (κ3) is 2.58. The Morgan fingerprint density at radius 3 is 2.27 bits per heavy atom. The molecule has 2 N–H and O–H groups in total. The van der Waals surface area contributed by atoms with Gasteiger partial charge < -0.3 is 5.73 Å². The molecule has 0 aliphatic rings. The van der Waals surface area contributed by atoms with E-state index in [9.17, 15) is 22.4 Å². The monoisotopic (exact) mass is 333 g/mol. The van der Waals surface area contributed by atoms with Gasteiger partial charge in [0.15, 0.2) is 0 Å². The second kappa shape index (κ2) is 3.95. The molecule has 0 fully saturated rings. The van der Waals surface area contributed by atoms with Gasteiger partial charge in [0.05, 0.1) is 11.1 Å². The van der Waals surface area contributed by atoms with Crippen LogP contribution in [0.3, 0.4) is 0 Å². The van der Waals surface area contributed by atoms with E-state index in [0.717, 1.165) is 6.07 Å². The van der Waals surface area contributed by atoms with Crippen molar-refractivity contribution in [2.75, 3.05) is 0 Å². The molecule has 15 heavy (non-hydrogen) atoms. The lowest BCUT2D eigenvalue weighted by atomic mass is 10.1. The Labute approximate surface area is 95.6 Å². The second-order valence-electron chi connectivity index (χ2n) is 2.67. The third-order valence-electron chi connectivity index (χ3n) is 1.61. The maximum atomic E-state index is 13.1. The topological polar surface area (TPSA) is 43.1 Å². The van der Waals surface area contributed by atoms with Crippen molar-refractivity contribution in [1.29, 1.82) is 0 Å². The lowest BCUT2D eigenvalue weighted by Crippen LogP contribution is -2.21. The summed E-state index contributed by atoms with van der Waals surface area (Å²) in [4.78, 5) is 10.7. The van der Waals surface area contributed by atoms with Crippen molar-refractivity contribution >= 4 is 28.5 Å². The Bertz CT molecular complexity index is 416. The maximum absolute atomic E-state index is 13.1. The molecule has 0 aliphatic carbocycles. The van der Waals surface area contributed by atoms with Crippen LogP contribution in [0.15, 0.2) is 12.1 Å². The number of benzene rings is 1. The largest absolute Gasteiger partial charge is 0.417 e. The molecule has 0 aromatic heterocycles. The smallest absolute Gasteiger partial charge is 0.365 e. The van der Waals surface area contributed by atoms with Crippen LogP contribution in [0.1, 0.15) is 15.9 Å². The molecule has 2 nitrogen and oxygen atoms in total. The fourth-order valence-corrected chi connectivity index (χ4v) is 1.63. The minimum atomic E-state index is -4.80. The molecule has 0 bridgehead atoms. The van der Waals surface area contributed by atoms with E-state index >= 15 is 0 Å². The van der Waals surface area contributed by atoms with Crippen LogP contribution >= 0.6 is 22.6 Å². The highest BCUT2D eigenvalue weighted by molar-refractivity contribution is 14.1. The van der Waals surface area contributed by atoms with Crippen LogP contribution in [0.4, 0.5) is 17.6 Å². The van der Waals surface area contributed by atoms with Crippen LogP contribution in [0.25, 0.3) is 0 Å². The van der Waals surface area contributed by atoms with E-state index in [-0.39, 0.29) is 3.57 Å². The predicted molar refractivity (Wildman–Crippen MR) is 52.6 cm³/mol. The molecule has 0 saturated carbocycles. The van der Waals surface area contributed by atoms with Crippen LogP contribution in [-0.2, 0) is 6.18 Å². The van der Waals surface area contributed by atoms with Crippen LogP contribution in [0.5, 0.6) is 0 Å². The van der Waals surface area contributed by atoms with E-state index in [0.29, 0.717) is 6.07 Å². The third-order valence-corrected chi connectivity index (χ3v) is 2.23. The minimum absolute atomic E-state index is 0.0439. The molecule has 0 saturated heterocycles. The number of rotatable bonds is 1. The van der Waals surface area contributed by atoms with Gasteiger partial charge in [-0.3, -0.25) is 4.79 Å². The first-order chi connectivity index (χ1) is 6.73. The zero-order valence-corrected chi connectivity index (χ0v) is 9.19. The first-order valence-electron chi connectivity index (χ1n) is 3.59. The Hall–Kier alpha value is -0.860. The van der Waals surface area contributed by atoms with Gasteiger partial charge in [0.25, 0.3) is 5.91 Å². The Morgan fingerprint density at radius 1 is 1.33 bits per heavy atom. The van der Waals surface area contributed by atoms with E-state index in [1.807, 2.05) is 0 Å². The van der Waals surface area contributed by atoms with Gasteiger partial charge in [-0.05, 0) is 34.7 Å². The Balaban J connectivity index is 3.54. The van der Waals surface area contributed by atoms with Gasteiger partial charge in [-0.15, -0.1) is 0 Å². The number of halogens is 5. The van der Waals surface area contributed by atoms with Gasteiger partial charge >= 0.3 is 6.18 Å². The number of hydrogen-bond donors (Lipinski definition) is 1. The van der Waals surface area contributed by atoms with E-state index < -0.39 is 29.0 Å². The summed E-state index contributed by atoms with van der Waals surface area (Å²) >= 11 is 1.52. The summed E-state index contributed by atoms with van der Waals surface area (Å²) in [6, 6.07) is 1.49. The molecule has 0 unspecified atom stereocenters. The fourth-order valence-electron chi connectivity index (χ4n) is 1.05. The lowest BCUT2D eigenvalue weighted by molar-refractivity contribution is -0.138. The second-order valence-corrected chi connectivity index (χ2v) is 3.92. The van der Waals surface area contributed by atoms with Crippen molar-refractivity contribution in [2.45, 2.75) is 6.18 Å². The molecule has 0 radical (unpaired) electrons. The quantitative estimate of drug-likeness (QED) is 0.623. The summed E-state index contributed by atoms with van der Waals surface area (Å²) < 4.78 is 50.3. The number of alkyl halides is 3. The highest BCUT2D eigenvalue weighted by atomic mass is 127. The molecule has 0 heterocycles. The van der Waals surface area contributed by atoms with E-state index in [1.54, 1.807) is 0 Å². The molecule has 1 rings (SSSR count). The summed E-state index contributed by atoms with van der Waals surface area (Å²) in [5.74, 6) is -2.70. The molecule has 1 aromatic carbocycles. The fraction of sp³-hybridized carbons (Fsp3) is 0.125. The molecule has 1 aromatic rings. The van der Waals surface area contributed by atoms with Gasteiger partial charge in [-0.25, -0.2) is 4.39 Å². The normalized spacial score (nSPS) is 11.5. The van der Waals surface area contributed by atoms with Crippen molar-refractivity contribution in [2.24, 2.45) is 5.73 Å². The van der Waals surface area contributed by atoms with Crippen LogP contribution in [-0.4, -0.2) is 5.91 Å². The maximum Gasteiger partial charge on any atom is 0.417 e. The molecule has 7 heteroatoms. The zero-order valence-electron chi connectivity index (χ0n) is 7.03. The Morgan fingerprint density at radius 2 is 1.87 bits per heavy atom. The SMILES string of the molecule is NC(=O)c1c(F)cc(I)cc1C(F)(F)F. The zero-order chi connectivity index (χ0) is 11.8. The lowest BCUT2D eigenvalue weighted by Gasteiger charge is -2.11. The van der Waals surface area contributed by atoms with Crippen molar-refractivity contribution in [1.82, 2.24) is 0 Å². The van der Waals surface area contributed by atoms with Gasteiger partial charge in [-0.1, -0.05) is 0 Å². The highest BCUT2D eigenvalue weighted by Crippen LogP contribution is 2.34. The van der Waals surface area contributed by atoms with Crippen LogP contribution in [0.2, 0.25) is 0 Å². The summed E-state index contributed by atoms with van der Waals surface area (Å²) in [7, 11) is 0. The van der Waals surface area contributed by atoms with E-state index in [1.165, 1.54) is 22.6 Å². The first-order valence-corrected chi connectivity index (χ1v) is 4.67. The van der Waals surface area contributed by atoms with Crippen LogP contribution < -0.4 is 5.73 Å². The van der Waals surface area contributed by atoms with Crippen molar-refractivity contribution in [3.8, 4) is 0 Å². The summed E-state index contributed by atoms with van der Waals surface area (Å²) in [6.45, 7) is 0. The molecule has 82 valence electrons. The summed E-state index contributed by atoms with van der Waals surface area (Å²) in [5.41, 5.74) is 2.21. The minimum Gasteiger partial charge on any atom is -0.365 e. The van der Waals surface area contributed by atoms with Gasteiger partial charge in [-0.2, -0.15) is 13.2 Å². The number of primary amides is 1. The Kier molecular flexibility index (Phi) is 3.22. The number of carbonyl (C=O) groups is 1. The highest BCUT2D eigenvalue weighted by Gasteiger charge is 2.36. The average Bonchev–Trinajstić information content (AvgIpc) is 1.99. The molecule has 1 amide bonds. The number of amides is 1. The van der Waals surface area contributed by atoms with E-state index in [2.05, 4.69) is 5.73 Å². The van der Waals surface area contributed by atoms with Crippen LogP contribution in [0, 0.1) is 9.39 Å². The van der Waals surface area contributed by atoms with Gasteiger partial charge in [0.1, 0.15) is 5.82 Å². The number of hydrogen-bond acceptors (Lipinski definition) is 1. The van der Waals surface area contributed by atoms with Gasteiger partial charge in [0, 0.05) is 3.57 Å². The van der Waals surface area contributed by atoms with Crippen molar-refractivity contribution in [3.05, 3.63) is 32.6 Å². The van der Waals surface area contributed by atoms with Gasteiger partial charge in [0.2, 0.25) is 0 Å². The first kappa shape index (κ1) is 12.2. The number of carbonyl (C=O) groups excluding carboxylic acids is 1. The molecular formula is C8H4F4INO. The number of nitrogens with two attached hydrogens (primary N) is 1. The summed E-state index contributed by atoms with van der Waals surface area (Å²) in [5, 5.41) is 0. The molecular weight excluding hydrogens is 329 g/mol. The molecule has 0 atom stereocenters. The van der Waals surface area contributed by atoms with Crippen molar-refractivity contribution < 1.29 is 22.4 Å². The average molecular weight is 333 g/mol. The van der Waals surface area contributed by atoms with E-state index in [4.69, 9.17) is 0 Å². The molecule has 0 aliphatic heterocycles. The molecule has 0 spiro atoms. The summed E-state index contributed by atoms with van der Waals surface area (Å²) in [6.07, 6.45) is -4.80. The predicted octanol–water partition coefficient (Wildman–Crippen LogP) is 2.55.